The Balaban J connectivity index is 1.92. The van der Waals surface area contributed by atoms with Gasteiger partial charge in [-0.05, 0) is 52.0 Å². The summed E-state index contributed by atoms with van der Waals surface area (Å²) < 4.78 is 1.99. The van der Waals surface area contributed by atoms with Gasteiger partial charge in [-0.25, -0.2) is 0 Å². The normalized spacial score (nSPS) is 11.2. The number of para-hydroxylation sites is 1. The number of pyridine rings is 1. The molecule has 6 nitrogen and oxygen atoms in total. The van der Waals surface area contributed by atoms with Gasteiger partial charge in [0.2, 0.25) is 5.91 Å². The van der Waals surface area contributed by atoms with Gasteiger partial charge in [0.25, 0.3) is 0 Å². The highest BCUT2D eigenvalue weighted by molar-refractivity contribution is 7.99. The quantitative estimate of drug-likeness (QED) is 0.564. The SMILES string of the molecule is CC(C)N(C(=O)CSc1nnc(-c2ccncc2)n1-c1ccccc1)C(C)C. The van der Waals surface area contributed by atoms with E-state index in [9.17, 15) is 4.79 Å². The van der Waals surface area contributed by atoms with E-state index in [0.717, 1.165) is 17.1 Å². The van der Waals surface area contributed by atoms with Crippen LogP contribution < -0.4 is 0 Å². The fourth-order valence-electron chi connectivity index (χ4n) is 3.23. The summed E-state index contributed by atoms with van der Waals surface area (Å²) in [6.45, 7) is 8.15. The summed E-state index contributed by atoms with van der Waals surface area (Å²) >= 11 is 1.41. The van der Waals surface area contributed by atoms with Gasteiger partial charge in [-0.1, -0.05) is 30.0 Å². The van der Waals surface area contributed by atoms with Crippen molar-refractivity contribution in [3.8, 4) is 17.1 Å². The van der Waals surface area contributed by atoms with E-state index in [1.54, 1.807) is 12.4 Å². The van der Waals surface area contributed by atoms with Crippen molar-refractivity contribution < 1.29 is 4.79 Å². The second-order valence-electron chi connectivity index (χ2n) is 6.99. The molecule has 1 aromatic carbocycles. The average Bonchev–Trinajstić information content (AvgIpc) is 3.11. The largest absolute Gasteiger partial charge is 0.337 e. The fraction of sp³-hybridized carbons (Fsp3) is 0.333. The second-order valence-corrected chi connectivity index (χ2v) is 7.93. The molecule has 2 heterocycles. The van der Waals surface area contributed by atoms with Gasteiger partial charge in [0.05, 0.1) is 5.75 Å². The van der Waals surface area contributed by atoms with Crippen molar-refractivity contribution in [2.45, 2.75) is 44.9 Å². The highest BCUT2D eigenvalue weighted by Crippen LogP contribution is 2.28. The molecule has 2 aromatic heterocycles. The molecule has 0 aliphatic carbocycles. The summed E-state index contributed by atoms with van der Waals surface area (Å²) in [4.78, 5) is 18.7. The minimum atomic E-state index is 0.100. The first-order valence-corrected chi connectivity index (χ1v) is 10.3. The molecule has 3 aromatic rings. The van der Waals surface area contributed by atoms with Crippen LogP contribution in [-0.4, -0.2) is 48.4 Å². The van der Waals surface area contributed by atoms with Crippen molar-refractivity contribution >= 4 is 17.7 Å². The molecule has 0 aliphatic heterocycles. The van der Waals surface area contributed by atoms with E-state index in [1.165, 1.54) is 11.8 Å². The van der Waals surface area contributed by atoms with Crippen molar-refractivity contribution in [1.29, 1.82) is 0 Å². The van der Waals surface area contributed by atoms with Crippen molar-refractivity contribution in [1.82, 2.24) is 24.6 Å². The number of aromatic nitrogens is 4. The highest BCUT2D eigenvalue weighted by Gasteiger charge is 2.22. The van der Waals surface area contributed by atoms with Crippen LogP contribution in [0.4, 0.5) is 0 Å². The maximum Gasteiger partial charge on any atom is 0.233 e. The molecule has 0 fully saturated rings. The molecule has 146 valence electrons. The molecule has 0 atom stereocenters. The Labute approximate surface area is 170 Å². The van der Waals surface area contributed by atoms with Crippen LogP contribution in [0.2, 0.25) is 0 Å². The molecule has 0 saturated carbocycles. The van der Waals surface area contributed by atoms with Gasteiger partial charge in [-0.15, -0.1) is 10.2 Å². The topological polar surface area (TPSA) is 63.9 Å². The van der Waals surface area contributed by atoms with Gasteiger partial charge >= 0.3 is 0 Å². The maximum absolute atomic E-state index is 12.8. The van der Waals surface area contributed by atoms with E-state index < -0.39 is 0 Å². The van der Waals surface area contributed by atoms with Crippen LogP contribution in [0.1, 0.15) is 27.7 Å². The van der Waals surface area contributed by atoms with E-state index in [0.29, 0.717) is 10.9 Å². The number of hydrogen-bond acceptors (Lipinski definition) is 5. The predicted octanol–water partition coefficient (Wildman–Crippen LogP) is 4.07. The smallest absolute Gasteiger partial charge is 0.233 e. The van der Waals surface area contributed by atoms with E-state index in [2.05, 4.69) is 15.2 Å². The van der Waals surface area contributed by atoms with Crippen LogP contribution in [-0.2, 0) is 4.79 Å². The van der Waals surface area contributed by atoms with Crippen LogP contribution >= 0.6 is 11.8 Å². The average molecular weight is 396 g/mol. The Morgan fingerprint density at radius 3 is 2.25 bits per heavy atom. The Hall–Kier alpha value is -2.67. The lowest BCUT2D eigenvalue weighted by atomic mass is 10.2. The lowest BCUT2D eigenvalue weighted by molar-refractivity contribution is -0.131. The zero-order valence-electron chi connectivity index (χ0n) is 16.6. The fourth-order valence-corrected chi connectivity index (χ4v) is 4.06. The second kappa shape index (κ2) is 9.01. The van der Waals surface area contributed by atoms with E-state index in [4.69, 9.17) is 0 Å². The summed E-state index contributed by atoms with van der Waals surface area (Å²) in [6.07, 6.45) is 3.47. The zero-order chi connectivity index (χ0) is 20.1. The molecule has 1 amide bonds. The van der Waals surface area contributed by atoms with Crippen molar-refractivity contribution in [2.75, 3.05) is 5.75 Å². The monoisotopic (exact) mass is 395 g/mol. The number of nitrogens with zero attached hydrogens (tertiary/aromatic N) is 5. The summed E-state index contributed by atoms with van der Waals surface area (Å²) in [5.41, 5.74) is 1.88. The third-order valence-corrected chi connectivity index (χ3v) is 5.23. The number of carbonyl (C=O) groups excluding carboxylic acids is 1. The lowest BCUT2D eigenvalue weighted by Gasteiger charge is -2.30. The minimum Gasteiger partial charge on any atom is -0.337 e. The summed E-state index contributed by atoms with van der Waals surface area (Å²) in [6, 6.07) is 14.1. The first-order valence-electron chi connectivity index (χ1n) is 9.34. The Morgan fingerprint density at radius 1 is 1.00 bits per heavy atom. The molecule has 28 heavy (non-hydrogen) atoms. The van der Waals surface area contributed by atoms with Gasteiger partial charge in [0, 0.05) is 35.7 Å². The summed E-state index contributed by atoms with van der Waals surface area (Å²) in [5.74, 6) is 1.15. The van der Waals surface area contributed by atoms with Crippen molar-refractivity contribution in [3.63, 3.8) is 0 Å². The molecule has 0 spiro atoms. The molecule has 0 N–H and O–H groups in total. The first-order chi connectivity index (χ1) is 13.5. The van der Waals surface area contributed by atoms with Crippen molar-refractivity contribution in [2.24, 2.45) is 0 Å². The third kappa shape index (κ3) is 4.42. The van der Waals surface area contributed by atoms with Crippen LogP contribution in [0.25, 0.3) is 17.1 Å². The van der Waals surface area contributed by atoms with Crippen LogP contribution in [0.15, 0.2) is 60.0 Å². The Morgan fingerprint density at radius 2 is 1.64 bits per heavy atom. The van der Waals surface area contributed by atoms with Gasteiger partial charge in [-0.2, -0.15) is 0 Å². The molecule has 3 rings (SSSR count). The maximum atomic E-state index is 12.8. The first kappa shape index (κ1) is 20.1. The van der Waals surface area contributed by atoms with Crippen LogP contribution in [0.3, 0.4) is 0 Å². The van der Waals surface area contributed by atoms with E-state index >= 15 is 0 Å². The number of amides is 1. The lowest BCUT2D eigenvalue weighted by Crippen LogP contribution is -2.43. The molecule has 0 aliphatic rings. The minimum absolute atomic E-state index is 0.100. The molecule has 7 heteroatoms. The Kier molecular flexibility index (Phi) is 6.46. The molecule has 0 bridgehead atoms. The van der Waals surface area contributed by atoms with Gasteiger partial charge in [-0.3, -0.25) is 14.3 Å². The molecule has 0 radical (unpaired) electrons. The van der Waals surface area contributed by atoms with E-state index in [-0.39, 0.29) is 18.0 Å². The van der Waals surface area contributed by atoms with Crippen LogP contribution in [0.5, 0.6) is 0 Å². The van der Waals surface area contributed by atoms with Crippen LogP contribution in [0, 0.1) is 0 Å². The van der Waals surface area contributed by atoms with E-state index in [1.807, 2.05) is 79.6 Å². The molecular weight excluding hydrogens is 370 g/mol. The number of carbonyl (C=O) groups is 1. The van der Waals surface area contributed by atoms with Crippen molar-refractivity contribution in [3.05, 3.63) is 54.9 Å². The standard InChI is InChI=1S/C21H25N5OS/c1-15(2)25(16(3)4)19(27)14-28-21-24-23-20(17-10-12-22-13-11-17)26(21)18-8-6-5-7-9-18/h5-13,15-16H,14H2,1-4H3. The number of hydrogen-bond donors (Lipinski definition) is 0. The Bertz CT molecular complexity index is 901. The summed E-state index contributed by atoms with van der Waals surface area (Å²) in [7, 11) is 0. The predicted molar refractivity (Wildman–Crippen MR) is 112 cm³/mol. The highest BCUT2D eigenvalue weighted by atomic mass is 32.2. The van der Waals surface area contributed by atoms with Gasteiger partial charge in [0.1, 0.15) is 0 Å². The van der Waals surface area contributed by atoms with Gasteiger partial charge in [0.15, 0.2) is 11.0 Å². The third-order valence-electron chi connectivity index (χ3n) is 4.31. The molecule has 0 unspecified atom stereocenters. The zero-order valence-corrected chi connectivity index (χ0v) is 17.4. The molecule has 0 saturated heterocycles. The summed E-state index contributed by atoms with van der Waals surface area (Å²) in [5, 5.41) is 9.46. The number of thioether (sulfide) groups is 1. The number of rotatable bonds is 7. The van der Waals surface area contributed by atoms with Gasteiger partial charge < -0.3 is 4.90 Å². The number of benzene rings is 1. The molecular formula is C21H25N5OS.